The number of amides is 1. The molecule has 7 heteroatoms. The zero-order valence-corrected chi connectivity index (χ0v) is 12.0. The van der Waals surface area contributed by atoms with Gasteiger partial charge < -0.3 is 10.1 Å². The summed E-state index contributed by atoms with van der Waals surface area (Å²) in [6.45, 7) is 3.52. The molecule has 1 aromatic rings. The van der Waals surface area contributed by atoms with Gasteiger partial charge in [-0.25, -0.2) is 18.0 Å². The maximum absolute atomic E-state index is 13.5. The summed E-state index contributed by atoms with van der Waals surface area (Å²) in [4.78, 5) is 23.5. The van der Waals surface area contributed by atoms with E-state index in [-0.39, 0.29) is 6.42 Å². The average Bonchev–Trinajstić information content (AvgIpc) is 2.44. The van der Waals surface area contributed by atoms with Crippen molar-refractivity contribution >= 4 is 11.9 Å². The van der Waals surface area contributed by atoms with Crippen molar-refractivity contribution in [2.24, 2.45) is 0 Å². The quantitative estimate of drug-likeness (QED) is 0.478. The van der Waals surface area contributed by atoms with Crippen molar-refractivity contribution in [1.82, 2.24) is 5.32 Å². The molecule has 0 heterocycles. The summed E-state index contributed by atoms with van der Waals surface area (Å²) < 4.78 is 44.4. The molecular weight excluding hydrogens is 299 g/mol. The molecule has 0 aromatic heterocycles. The van der Waals surface area contributed by atoms with Crippen LogP contribution in [0.4, 0.5) is 13.2 Å². The lowest BCUT2D eigenvalue weighted by Crippen LogP contribution is -2.42. The largest absolute Gasteiger partial charge is 0.467 e. The van der Waals surface area contributed by atoms with E-state index in [0.717, 1.165) is 7.11 Å². The van der Waals surface area contributed by atoms with E-state index in [9.17, 15) is 22.8 Å². The second-order valence-corrected chi connectivity index (χ2v) is 4.51. The summed E-state index contributed by atoms with van der Waals surface area (Å²) in [6.07, 6.45) is 2.98. The number of carbonyl (C=O) groups is 2. The minimum Gasteiger partial charge on any atom is -0.467 e. The van der Waals surface area contributed by atoms with Crippen LogP contribution in [-0.2, 0) is 9.53 Å². The number of unbranched alkanes of at least 4 members (excludes halogenated alkanes) is 1. The van der Waals surface area contributed by atoms with Gasteiger partial charge in [-0.05, 0) is 19.3 Å². The van der Waals surface area contributed by atoms with E-state index in [2.05, 4.69) is 16.6 Å². The van der Waals surface area contributed by atoms with Crippen LogP contribution in [0.25, 0.3) is 0 Å². The van der Waals surface area contributed by atoms with Gasteiger partial charge >= 0.3 is 5.97 Å². The lowest BCUT2D eigenvalue weighted by molar-refractivity contribution is -0.143. The van der Waals surface area contributed by atoms with E-state index in [1.165, 1.54) is 0 Å². The Morgan fingerprint density at radius 2 is 1.91 bits per heavy atom. The molecule has 1 rings (SSSR count). The summed E-state index contributed by atoms with van der Waals surface area (Å²) in [5.41, 5.74) is -0.945. The smallest absolute Gasteiger partial charge is 0.328 e. The molecule has 0 saturated carbocycles. The molecule has 22 heavy (non-hydrogen) atoms. The second-order valence-electron chi connectivity index (χ2n) is 4.51. The number of rotatable bonds is 7. The molecule has 0 aliphatic rings. The summed E-state index contributed by atoms with van der Waals surface area (Å²) >= 11 is 0. The first-order valence-electron chi connectivity index (χ1n) is 6.54. The highest BCUT2D eigenvalue weighted by Crippen LogP contribution is 2.15. The number of esters is 1. The molecule has 0 aliphatic heterocycles. The Morgan fingerprint density at radius 1 is 1.32 bits per heavy atom. The number of ether oxygens (including phenoxy) is 1. The van der Waals surface area contributed by atoms with Crippen molar-refractivity contribution < 1.29 is 27.5 Å². The highest BCUT2D eigenvalue weighted by atomic mass is 19.1. The van der Waals surface area contributed by atoms with E-state index >= 15 is 0 Å². The van der Waals surface area contributed by atoms with Gasteiger partial charge in [-0.3, -0.25) is 4.79 Å². The average molecular weight is 315 g/mol. The van der Waals surface area contributed by atoms with E-state index in [4.69, 9.17) is 0 Å². The van der Waals surface area contributed by atoms with E-state index in [1.807, 2.05) is 0 Å². The van der Waals surface area contributed by atoms with Crippen LogP contribution in [0.1, 0.15) is 29.6 Å². The Hall–Kier alpha value is -2.31. The number of carbonyl (C=O) groups excluding carboxylic acids is 2. The molecular formula is C15H16F3NO3. The Morgan fingerprint density at radius 3 is 2.41 bits per heavy atom. The van der Waals surface area contributed by atoms with Gasteiger partial charge in [-0.15, -0.1) is 6.58 Å². The number of hydrogen-bond acceptors (Lipinski definition) is 3. The van der Waals surface area contributed by atoms with E-state index in [0.29, 0.717) is 25.0 Å². The van der Waals surface area contributed by atoms with Crippen molar-refractivity contribution in [2.75, 3.05) is 7.11 Å². The van der Waals surface area contributed by atoms with Crippen LogP contribution in [0, 0.1) is 17.5 Å². The first kappa shape index (κ1) is 17.7. The molecule has 0 unspecified atom stereocenters. The van der Waals surface area contributed by atoms with Gasteiger partial charge in [-0.1, -0.05) is 6.08 Å². The predicted molar refractivity (Wildman–Crippen MR) is 73.6 cm³/mol. The molecule has 120 valence electrons. The SMILES string of the molecule is C=CCCC[C@H](NC(=O)c1c(F)cc(F)cc1F)C(=O)OC. The molecule has 0 radical (unpaired) electrons. The maximum atomic E-state index is 13.5. The minimum atomic E-state index is -1.34. The Balaban J connectivity index is 2.91. The van der Waals surface area contributed by atoms with Gasteiger partial charge in [0.15, 0.2) is 0 Å². The van der Waals surface area contributed by atoms with Crippen LogP contribution in [0.15, 0.2) is 24.8 Å². The molecule has 0 spiro atoms. The first-order valence-corrected chi connectivity index (χ1v) is 6.54. The number of benzene rings is 1. The van der Waals surface area contributed by atoms with Crippen LogP contribution in [0.2, 0.25) is 0 Å². The Bertz CT molecular complexity index is 552. The molecule has 4 nitrogen and oxygen atoms in total. The second kappa shape index (κ2) is 8.21. The zero-order valence-electron chi connectivity index (χ0n) is 12.0. The van der Waals surface area contributed by atoms with Gasteiger partial charge in [0.2, 0.25) is 0 Å². The summed E-state index contributed by atoms with van der Waals surface area (Å²) in [6, 6.07) is -0.271. The van der Waals surface area contributed by atoms with Crippen molar-refractivity contribution in [1.29, 1.82) is 0 Å². The van der Waals surface area contributed by atoms with Crippen molar-refractivity contribution in [3.63, 3.8) is 0 Å². The van der Waals surface area contributed by atoms with Crippen LogP contribution in [0.5, 0.6) is 0 Å². The Labute approximate surface area is 126 Å². The van der Waals surface area contributed by atoms with Gasteiger partial charge in [0, 0.05) is 12.1 Å². The number of allylic oxidation sites excluding steroid dienone is 1. The molecule has 1 atom stereocenters. The van der Waals surface area contributed by atoms with Crippen LogP contribution >= 0.6 is 0 Å². The zero-order chi connectivity index (χ0) is 16.7. The predicted octanol–water partition coefficient (Wildman–Crippen LogP) is 2.73. The van der Waals surface area contributed by atoms with Crippen LogP contribution in [0.3, 0.4) is 0 Å². The lowest BCUT2D eigenvalue weighted by atomic mass is 10.1. The molecule has 1 amide bonds. The monoisotopic (exact) mass is 315 g/mol. The number of hydrogen-bond donors (Lipinski definition) is 1. The van der Waals surface area contributed by atoms with Crippen molar-refractivity contribution in [2.45, 2.75) is 25.3 Å². The normalized spacial score (nSPS) is 11.6. The lowest BCUT2D eigenvalue weighted by Gasteiger charge is -2.16. The number of methoxy groups -OCH3 is 1. The van der Waals surface area contributed by atoms with Gasteiger partial charge in [-0.2, -0.15) is 0 Å². The summed E-state index contributed by atoms with van der Waals surface area (Å²) in [5.74, 6) is -5.71. The third-order valence-corrected chi connectivity index (χ3v) is 2.93. The first-order chi connectivity index (χ1) is 10.4. The topological polar surface area (TPSA) is 55.4 Å². The molecule has 0 fully saturated rings. The molecule has 0 bridgehead atoms. The fourth-order valence-electron chi connectivity index (χ4n) is 1.85. The van der Waals surface area contributed by atoms with Gasteiger partial charge in [0.05, 0.1) is 7.11 Å². The molecule has 1 N–H and O–H groups in total. The highest BCUT2D eigenvalue weighted by Gasteiger charge is 2.25. The molecule has 0 saturated heterocycles. The van der Waals surface area contributed by atoms with Gasteiger partial charge in [0.25, 0.3) is 5.91 Å². The van der Waals surface area contributed by atoms with Gasteiger partial charge in [0.1, 0.15) is 29.1 Å². The third-order valence-electron chi connectivity index (χ3n) is 2.93. The third kappa shape index (κ3) is 4.61. The molecule has 1 aromatic carbocycles. The molecule has 0 aliphatic carbocycles. The van der Waals surface area contributed by atoms with Crippen LogP contribution < -0.4 is 5.32 Å². The maximum Gasteiger partial charge on any atom is 0.328 e. The summed E-state index contributed by atoms with van der Waals surface area (Å²) in [5, 5.41) is 2.19. The van der Waals surface area contributed by atoms with E-state index < -0.39 is 40.9 Å². The minimum absolute atomic E-state index is 0.217. The van der Waals surface area contributed by atoms with Crippen molar-refractivity contribution in [3.8, 4) is 0 Å². The van der Waals surface area contributed by atoms with Crippen molar-refractivity contribution in [3.05, 3.63) is 47.8 Å². The van der Waals surface area contributed by atoms with Crippen LogP contribution in [-0.4, -0.2) is 25.0 Å². The fraction of sp³-hybridized carbons (Fsp3) is 0.333. The fourth-order valence-corrected chi connectivity index (χ4v) is 1.85. The van der Waals surface area contributed by atoms with E-state index in [1.54, 1.807) is 6.08 Å². The highest BCUT2D eigenvalue weighted by molar-refractivity contribution is 5.97. The standard InChI is InChI=1S/C15H16F3NO3/c1-3-4-5-6-12(15(21)22-2)19-14(20)13-10(17)7-9(16)8-11(13)18/h3,7-8,12H,1,4-6H2,2H3,(H,19,20)/t12-/m0/s1. The number of nitrogens with one attached hydrogen (secondary N) is 1. The Kier molecular flexibility index (Phi) is 6.62. The summed E-state index contributed by atoms with van der Waals surface area (Å²) in [7, 11) is 1.13. The number of halogens is 3.